The van der Waals surface area contributed by atoms with Crippen molar-refractivity contribution in [3.05, 3.63) is 23.9 Å². The summed E-state index contributed by atoms with van der Waals surface area (Å²) in [6.45, 7) is 7.34. The minimum Gasteiger partial charge on any atom is -0.357 e. The number of aromatic nitrogens is 1. The Hall–Kier alpha value is -1.78. The zero-order valence-corrected chi connectivity index (χ0v) is 13.4. The second-order valence-corrected chi connectivity index (χ2v) is 5.60. The van der Waals surface area contributed by atoms with E-state index >= 15 is 0 Å². The van der Waals surface area contributed by atoms with Gasteiger partial charge in [0.25, 0.3) is 0 Å². The first-order chi connectivity index (χ1) is 10.2. The van der Waals surface area contributed by atoms with Gasteiger partial charge in [-0.15, -0.1) is 0 Å². The maximum atomic E-state index is 4.48. The highest BCUT2D eigenvalue weighted by Crippen LogP contribution is 2.18. The molecule has 0 amide bonds. The fraction of sp³-hybridized carbons (Fsp3) is 0.625. The molecule has 1 atom stereocenters. The van der Waals surface area contributed by atoms with E-state index in [1.165, 1.54) is 18.4 Å². The predicted molar refractivity (Wildman–Crippen MR) is 88.8 cm³/mol. The van der Waals surface area contributed by atoms with E-state index in [-0.39, 0.29) is 0 Å². The quantitative estimate of drug-likeness (QED) is 0.644. The van der Waals surface area contributed by atoms with E-state index in [0.717, 1.165) is 37.8 Å². The Morgan fingerprint density at radius 3 is 2.86 bits per heavy atom. The number of guanidine groups is 1. The normalized spacial score (nSPS) is 16.9. The van der Waals surface area contributed by atoms with Crippen LogP contribution in [0.2, 0.25) is 0 Å². The van der Waals surface area contributed by atoms with Gasteiger partial charge in [-0.3, -0.25) is 4.99 Å². The van der Waals surface area contributed by atoms with E-state index in [2.05, 4.69) is 51.5 Å². The molecule has 116 valence electrons. The van der Waals surface area contributed by atoms with Gasteiger partial charge in [0.15, 0.2) is 5.96 Å². The topological polar surface area (TPSA) is 52.6 Å². The molecule has 0 saturated carbocycles. The van der Waals surface area contributed by atoms with Gasteiger partial charge in [-0.05, 0) is 43.9 Å². The van der Waals surface area contributed by atoms with Crippen LogP contribution >= 0.6 is 0 Å². The Kier molecular flexibility index (Phi) is 5.84. The smallest absolute Gasteiger partial charge is 0.191 e. The standard InChI is InChI=1S/C16H27N5/c1-4-13(2)20-16(17-3)19-12-14-7-8-18-15(11-14)21-9-5-6-10-21/h7-8,11,13H,4-6,9-10,12H2,1-3H3,(H2,17,19,20). The first kappa shape index (κ1) is 15.6. The summed E-state index contributed by atoms with van der Waals surface area (Å²) in [6.07, 6.45) is 5.52. The average Bonchev–Trinajstić information content (AvgIpc) is 3.05. The van der Waals surface area contributed by atoms with Gasteiger partial charge in [0.1, 0.15) is 5.82 Å². The third kappa shape index (κ3) is 4.62. The van der Waals surface area contributed by atoms with Crippen molar-refractivity contribution in [1.29, 1.82) is 0 Å². The van der Waals surface area contributed by atoms with Gasteiger partial charge in [-0.25, -0.2) is 4.98 Å². The lowest BCUT2D eigenvalue weighted by Crippen LogP contribution is -2.41. The number of pyridine rings is 1. The van der Waals surface area contributed by atoms with E-state index in [1.807, 2.05) is 6.20 Å². The lowest BCUT2D eigenvalue weighted by Gasteiger charge is -2.18. The molecule has 0 aliphatic carbocycles. The number of anilines is 1. The molecule has 2 rings (SSSR count). The van der Waals surface area contributed by atoms with Crippen LogP contribution in [-0.4, -0.2) is 37.1 Å². The number of hydrogen-bond acceptors (Lipinski definition) is 3. The first-order valence-corrected chi connectivity index (χ1v) is 7.90. The van der Waals surface area contributed by atoms with E-state index in [4.69, 9.17) is 0 Å². The summed E-state index contributed by atoms with van der Waals surface area (Å²) >= 11 is 0. The van der Waals surface area contributed by atoms with Crippen LogP contribution in [0, 0.1) is 0 Å². The molecular weight excluding hydrogens is 262 g/mol. The monoisotopic (exact) mass is 289 g/mol. The minimum absolute atomic E-state index is 0.425. The lowest BCUT2D eigenvalue weighted by atomic mass is 10.2. The van der Waals surface area contributed by atoms with Crippen LogP contribution in [0.1, 0.15) is 38.7 Å². The molecule has 21 heavy (non-hydrogen) atoms. The van der Waals surface area contributed by atoms with E-state index in [1.54, 1.807) is 7.05 Å². The fourth-order valence-electron chi connectivity index (χ4n) is 2.41. The van der Waals surface area contributed by atoms with Crippen LogP contribution in [0.4, 0.5) is 5.82 Å². The fourth-order valence-corrected chi connectivity index (χ4v) is 2.41. The van der Waals surface area contributed by atoms with Crippen LogP contribution in [-0.2, 0) is 6.54 Å². The highest BCUT2D eigenvalue weighted by molar-refractivity contribution is 5.79. The maximum absolute atomic E-state index is 4.48. The molecule has 2 heterocycles. The molecule has 1 fully saturated rings. The Morgan fingerprint density at radius 2 is 2.19 bits per heavy atom. The van der Waals surface area contributed by atoms with Crippen molar-refractivity contribution >= 4 is 11.8 Å². The van der Waals surface area contributed by atoms with Crippen LogP contribution < -0.4 is 15.5 Å². The number of nitrogens with zero attached hydrogens (tertiary/aromatic N) is 3. The third-order valence-electron chi connectivity index (χ3n) is 3.92. The molecule has 5 heteroatoms. The molecule has 0 radical (unpaired) electrons. The van der Waals surface area contributed by atoms with Crippen molar-refractivity contribution in [2.45, 2.75) is 45.7 Å². The van der Waals surface area contributed by atoms with Crippen molar-refractivity contribution in [1.82, 2.24) is 15.6 Å². The molecule has 5 nitrogen and oxygen atoms in total. The maximum Gasteiger partial charge on any atom is 0.191 e. The summed E-state index contributed by atoms with van der Waals surface area (Å²) in [5.41, 5.74) is 1.24. The van der Waals surface area contributed by atoms with E-state index < -0.39 is 0 Å². The highest BCUT2D eigenvalue weighted by atomic mass is 15.2. The Bertz CT molecular complexity index is 465. The average molecular weight is 289 g/mol. The van der Waals surface area contributed by atoms with Crippen molar-refractivity contribution < 1.29 is 0 Å². The molecule has 0 aromatic carbocycles. The molecule has 1 aliphatic heterocycles. The Morgan fingerprint density at radius 1 is 1.43 bits per heavy atom. The third-order valence-corrected chi connectivity index (χ3v) is 3.92. The summed E-state index contributed by atoms with van der Waals surface area (Å²) in [4.78, 5) is 11.1. The van der Waals surface area contributed by atoms with E-state index in [0.29, 0.717) is 6.04 Å². The first-order valence-electron chi connectivity index (χ1n) is 7.90. The summed E-state index contributed by atoms with van der Waals surface area (Å²) in [5, 5.41) is 6.73. The van der Waals surface area contributed by atoms with Crippen molar-refractivity contribution in [3.63, 3.8) is 0 Å². The zero-order valence-electron chi connectivity index (χ0n) is 13.4. The SMILES string of the molecule is CCC(C)NC(=NC)NCc1ccnc(N2CCCC2)c1. The number of rotatable bonds is 5. The summed E-state index contributed by atoms with van der Waals surface area (Å²) < 4.78 is 0. The highest BCUT2D eigenvalue weighted by Gasteiger charge is 2.13. The van der Waals surface area contributed by atoms with E-state index in [9.17, 15) is 0 Å². The predicted octanol–water partition coefficient (Wildman–Crippen LogP) is 2.15. The van der Waals surface area contributed by atoms with Gasteiger partial charge in [0.2, 0.25) is 0 Å². The molecular formula is C16H27N5. The van der Waals surface area contributed by atoms with Gasteiger partial charge in [0, 0.05) is 38.9 Å². The molecule has 1 aromatic heterocycles. The molecule has 1 aliphatic rings. The van der Waals surface area contributed by atoms with Gasteiger partial charge in [-0.1, -0.05) is 6.92 Å². The molecule has 0 spiro atoms. The Labute approximate surface area is 127 Å². The van der Waals surface area contributed by atoms with Crippen molar-refractivity contribution in [2.75, 3.05) is 25.0 Å². The van der Waals surface area contributed by atoms with Crippen LogP contribution in [0.25, 0.3) is 0 Å². The van der Waals surface area contributed by atoms with Crippen molar-refractivity contribution in [2.24, 2.45) is 4.99 Å². The number of nitrogens with one attached hydrogen (secondary N) is 2. The zero-order chi connectivity index (χ0) is 15.1. The van der Waals surface area contributed by atoms with Gasteiger partial charge >= 0.3 is 0 Å². The van der Waals surface area contributed by atoms with Crippen LogP contribution in [0.3, 0.4) is 0 Å². The second kappa shape index (κ2) is 7.86. The van der Waals surface area contributed by atoms with Crippen LogP contribution in [0.5, 0.6) is 0 Å². The molecule has 1 aromatic rings. The summed E-state index contributed by atoms with van der Waals surface area (Å²) in [6, 6.07) is 4.66. The number of hydrogen-bond donors (Lipinski definition) is 2. The molecule has 1 unspecified atom stereocenters. The molecule has 2 N–H and O–H groups in total. The van der Waals surface area contributed by atoms with Crippen LogP contribution in [0.15, 0.2) is 23.3 Å². The van der Waals surface area contributed by atoms with Gasteiger partial charge in [-0.2, -0.15) is 0 Å². The molecule has 1 saturated heterocycles. The lowest BCUT2D eigenvalue weighted by molar-refractivity contribution is 0.624. The largest absolute Gasteiger partial charge is 0.357 e. The number of aliphatic imine (C=N–C) groups is 1. The van der Waals surface area contributed by atoms with Crippen molar-refractivity contribution in [3.8, 4) is 0 Å². The van der Waals surface area contributed by atoms with Gasteiger partial charge < -0.3 is 15.5 Å². The summed E-state index contributed by atoms with van der Waals surface area (Å²) in [5.74, 6) is 1.94. The molecule has 0 bridgehead atoms. The minimum atomic E-state index is 0.425. The Balaban J connectivity index is 1.91. The second-order valence-electron chi connectivity index (χ2n) is 5.60. The van der Waals surface area contributed by atoms with Gasteiger partial charge in [0.05, 0.1) is 0 Å². The summed E-state index contributed by atoms with van der Waals surface area (Å²) in [7, 11) is 1.81.